The van der Waals surface area contributed by atoms with Gasteiger partial charge < -0.3 is 19.8 Å². The van der Waals surface area contributed by atoms with E-state index in [2.05, 4.69) is 43.9 Å². The lowest BCUT2D eigenvalue weighted by molar-refractivity contribution is 0.0697. The van der Waals surface area contributed by atoms with Crippen molar-refractivity contribution < 1.29 is 19.7 Å². The standard InChI is InChI=1S/C29H33NO4/c1-29(2,3)26-19-22(9-13-27(26)30-14-4-5-15-30)25-18-21(8-12-24(25)28(32)33)20-6-10-23(11-7-20)34-17-16-31/h6-13,18-19,31H,4-5,14-17H2,1-3H3,(H,32,33). The maximum atomic E-state index is 12.1. The second-order valence-corrected chi connectivity index (χ2v) is 9.84. The van der Waals surface area contributed by atoms with Crippen LogP contribution in [0.4, 0.5) is 5.69 Å². The molecular formula is C29H33NO4. The van der Waals surface area contributed by atoms with Crippen molar-refractivity contribution in [1.82, 2.24) is 0 Å². The number of carbonyl (C=O) groups is 1. The molecule has 0 aliphatic carbocycles. The lowest BCUT2D eigenvalue weighted by atomic mass is 9.83. The van der Waals surface area contributed by atoms with E-state index in [1.165, 1.54) is 24.1 Å². The van der Waals surface area contributed by atoms with Crippen molar-refractivity contribution in [3.8, 4) is 28.0 Å². The number of anilines is 1. The SMILES string of the molecule is CC(C)(C)c1cc(-c2cc(-c3ccc(OCCO)cc3)ccc2C(=O)O)ccc1N1CCCC1. The van der Waals surface area contributed by atoms with Gasteiger partial charge in [0.15, 0.2) is 0 Å². The van der Waals surface area contributed by atoms with Crippen LogP contribution in [0.1, 0.15) is 49.5 Å². The highest BCUT2D eigenvalue weighted by atomic mass is 16.5. The Balaban J connectivity index is 1.77. The van der Waals surface area contributed by atoms with Gasteiger partial charge in [0.1, 0.15) is 12.4 Å². The smallest absolute Gasteiger partial charge is 0.336 e. The zero-order valence-electron chi connectivity index (χ0n) is 20.2. The van der Waals surface area contributed by atoms with Crippen LogP contribution in [0.15, 0.2) is 60.7 Å². The highest BCUT2D eigenvalue weighted by Crippen LogP contribution is 2.38. The molecule has 0 saturated carbocycles. The summed E-state index contributed by atoms with van der Waals surface area (Å²) in [4.78, 5) is 14.5. The maximum absolute atomic E-state index is 12.1. The van der Waals surface area contributed by atoms with Gasteiger partial charge in [-0.2, -0.15) is 0 Å². The molecule has 0 spiro atoms. The van der Waals surface area contributed by atoms with Gasteiger partial charge in [0.05, 0.1) is 12.2 Å². The number of hydrogen-bond acceptors (Lipinski definition) is 4. The fraction of sp³-hybridized carbons (Fsp3) is 0.345. The third kappa shape index (κ3) is 5.10. The first kappa shape index (κ1) is 23.8. The van der Waals surface area contributed by atoms with Crippen molar-refractivity contribution in [2.75, 3.05) is 31.2 Å². The quantitative estimate of drug-likeness (QED) is 0.454. The van der Waals surface area contributed by atoms with Crippen molar-refractivity contribution in [2.45, 2.75) is 39.0 Å². The van der Waals surface area contributed by atoms with E-state index in [9.17, 15) is 9.90 Å². The molecule has 0 bridgehead atoms. The van der Waals surface area contributed by atoms with Crippen LogP contribution in [-0.4, -0.2) is 42.5 Å². The zero-order valence-corrected chi connectivity index (χ0v) is 20.2. The number of ether oxygens (including phenoxy) is 1. The van der Waals surface area contributed by atoms with Gasteiger partial charge in [-0.05, 0) is 82.5 Å². The van der Waals surface area contributed by atoms with Gasteiger partial charge in [-0.25, -0.2) is 4.79 Å². The second-order valence-electron chi connectivity index (χ2n) is 9.84. The van der Waals surface area contributed by atoms with Crippen LogP contribution in [0.5, 0.6) is 5.75 Å². The molecule has 5 heteroatoms. The molecule has 1 saturated heterocycles. The van der Waals surface area contributed by atoms with E-state index < -0.39 is 5.97 Å². The van der Waals surface area contributed by atoms with Gasteiger partial charge in [0.2, 0.25) is 0 Å². The van der Waals surface area contributed by atoms with E-state index in [0.717, 1.165) is 29.8 Å². The molecule has 0 unspecified atom stereocenters. The molecule has 1 heterocycles. The number of aliphatic hydroxyl groups is 1. The van der Waals surface area contributed by atoms with Crippen LogP contribution in [0, 0.1) is 0 Å². The lowest BCUT2D eigenvalue weighted by Crippen LogP contribution is -2.23. The zero-order chi connectivity index (χ0) is 24.3. The minimum absolute atomic E-state index is 0.0329. The normalized spacial score (nSPS) is 13.8. The number of hydrogen-bond donors (Lipinski definition) is 2. The molecule has 34 heavy (non-hydrogen) atoms. The summed E-state index contributed by atoms with van der Waals surface area (Å²) in [6, 6.07) is 19.5. The number of aromatic carboxylic acids is 1. The third-order valence-corrected chi connectivity index (χ3v) is 6.36. The van der Waals surface area contributed by atoms with Crippen LogP contribution in [0.2, 0.25) is 0 Å². The Labute approximate surface area is 201 Å². The molecule has 0 radical (unpaired) electrons. The molecular weight excluding hydrogens is 426 g/mol. The van der Waals surface area contributed by atoms with Gasteiger partial charge in [0, 0.05) is 18.8 Å². The number of benzene rings is 3. The van der Waals surface area contributed by atoms with Crippen molar-refractivity contribution in [2.24, 2.45) is 0 Å². The van der Waals surface area contributed by atoms with Gasteiger partial charge in [-0.15, -0.1) is 0 Å². The molecule has 0 aromatic heterocycles. The first-order valence-electron chi connectivity index (χ1n) is 11.9. The highest BCUT2D eigenvalue weighted by molar-refractivity contribution is 5.97. The second kappa shape index (κ2) is 9.90. The number of aliphatic hydroxyl groups excluding tert-OH is 1. The number of carboxylic acid groups (broad SMARTS) is 1. The van der Waals surface area contributed by atoms with Crippen molar-refractivity contribution in [3.63, 3.8) is 0 Å². The van der Waals surface area contributed by atoms with Gasteiger partial charge in [0.25, 0.3) is 0 Å². The summed E-state index contributed by atoms with van der Waals surface area (Å²) in [5.41, 5.74) is 6.24. The molecule has 2 N–H and O–H groups in total. The van der Waals surface area contributed by atoms with Crippen molar-refractivity contribution >= 4 is 11.7 Å². The fourth-order valence-electron chi connectivity index (χ4n) is 4.59. The van der Waals surface area contributed by atoms with Crippen LogP contribution in [0.3, 0.4) is 0 Å². The Morgan fingerprint density at radius 2 is 1.56 bits per heavy atom. The van der Waals surface area contributed by atoms with E-state index in [1.807, 2.05) is 36.4 Å². The molecule has 0 amide bonds. The van der Waals surface area contributed by atoms with Gasteiger partial charge in [-0.3, -0.25) is 0 Å². The summed E-state index contributed by atoms with van der Waals surface area (Å²) in [5, 5.41) is 18.9. The van der Waals surface area contributed by atoms with Crippen molar-refractivity contribution in [3.05, 3.63) is 71.8 Å². The third-order valence-electron chi connectivity index (χ3n) is 6.36. The van der Waals surface area contributed by atoms with E-state index in [1.54, 1.807) is 6.07 Å². The molecule has 5 nitrogen and oxygen atoms in total. The molecule has 3 aromatic rings. The minimum atomic E-state index is -0.935. The molecule has 1 aliphatic heterocycles. The average molecular weight is 460 g/mol. The van der Waals surface area contributed by atoms with E-state index in [-0.39, 0.29) is 18.6 Å². The largest absolute Gasteiger partial charge is 0.491 e. The Morgan fingerprint density at radius 3 is 2.18 bits per heavy atom. The Kier molecular flexibility index (Phi) is 6.94. The fourth-order valence-corrected chi connectivity index (χ4v) is 4.59. The maximum Gasteiger partial charge on any atom is 0.336 e. The topological polar surface area (TPSA) is 70.0 Å². The molecule has 178 valence electrons. The Morgan fingerprint density at radius 1 is 0.912 bits per heavy atom. The summed E-state index contributed by atoms with van der Waals surface area (Å²) in [6.07, 6.45) is 2.42. The van der Waals surface area contributed by atoms with Crippen LogP contribution in [-0.2, 0) is 5.41 Å². The summed E-state index contributed by atoms with van der Waals surface area (Å²) < 4.78 is 5.46. The van der Waals surface area contributed by atoms with E-state index >= 15 is 0 Å². The predicted molar refractivity (Wildman–Crippen MR) is 137 cm³/mol. The molecule has 4 rings (SSSR count). The number of carboxylic acids is 1. The molecule has 0 atom stereocenters. The number of nitrogens with zero attached hydrogens (tertiary/aromatic N) is 1. The van der Waals surface area contributed by atoms with Crippen LogP contribution in [0.25, 0.3) is 22.3 Å². The lowest BCUT2D eigenvalue weighted by Gasteiger charge is -2.29. The summed E-state index contributed by atoms with van der Waals surface area (Å²) >= 11 is 0. The first-order valence-corrected chi connectivity index (χ1v) is 11.9. The Bertz CT molecular complexity index is 1160. The van der Waals surface area contributed by atoms with E-state index in [0.29, 0.717) is 16.9 Å². The first-order chi connectivity index (χ1) is 16.3. The summed E-state index contributed by atoms with van der Waals surface area (Å²) in [6.45, 7) is 8.98. The molecule has 1 aliphatic rings. The van der Waals surface area contributed by atoms with E-state index in [4.69, 9.17) is 9.84 Å². The minimum Gasteiger partial charge on any atom is -0.491 e. The van der Waals surface area contributed by atoms with Crippen LogP contribution < -0.4 is 9.64 Å². The Hall–Kier alpha value is -3.31. The van der Waals surface area contributed by atoms with Gasteiger partial charge in [-0.1, -0.05) is 45.0 Å². The summed E-state index contributed by atoms with van der Waals surface area (Å²) in [5.74, 6) is -0.247. The average Bonchev–Trinajstić information content (AvgIpc) is 3.36. The predicted octanol–water partition coefficient (Wildman–Crippen LogP) is 5.99. The number of rotatable bonds is 7. The monoisotopic (exact) mass is 459 g/mol. The van der Waals surface area contributed by atoms with Crippen LogP contribution >= 0.6 is 0 Å². The summed E-state index contributed by atoms with van der Waals surface area (Å²) in [7, 11) is 0. The van der Waals surface area contributed by atoms with Crippen molar-refractivity contribution in [1.29, 1.82) is 0 Å². The highest BCUT2D eigenvalue weighted by Gasteiger charge is 2.24. The molecule has 1 fully saturated rings. The molecule has 3 aromatic carbocycles. The van der Waals surface area contributed by atoms with Gasteiger partial charge >= 0.3 is 5.97 Å².